The van der Waals surface area contributed by atoms with Crippen LogP contribution in [-0.4, -0.2) is 9.38 Å². The Balaban J connectivity index is 2.05. The van der Waals surface area contributed by atoms with Crippen molar-refractivity contribution in [3.05, 3.63) is 65.6 Å². The smallest absolute Gasteiger partial charge is 0.119 e. The second-order valence-electron chi connectivity index (χ2n) is 4.55. The van der Waals surface area contributed by atoms with Crippen molar-refractivity contribution in [3.8, 4) is 0 Å². The summed E-state index contributed by atoms with van der Waals surface area (Å²) in [5.74, 6) is 1.71. The van der Waals surface area contributed by atoms with Crippen molar-refractivity contribution in [1.29, 1.82) is 0 Å². The second-order valence-corrected chi connectivity index (χ2v) is 4.55. The minimum absolute atomic E-state index is 0.729. The molecule has 0 saturated carbocycles. The molecule has 3 nitrogen and oxygen atoms in total. The van der Waals surface area contributed by atoms with Crippen LogP contribution in [0, 0.1) is 6.92 Å². The summed E-state index contributed by atoms with van der Waals surface area (Å²) in [5, 5.41) is 0. The van der Waals surface area contributed by atoms with Gasteiger partial charge in [-0.25, -0.2) is 4.98 Å². The van der Waals surface area contributed by atoms with E-state index in [0.717, 1.165) is 23.6 Å². The normalized spacial score (nSPS) is 10.9. The number of hydrogen-bond donors (Lipinski definition) is 1. The van der Waals surface area contributed by atoms with Gasteiger partial charge in [-0.05, 0) is 24.6 Å². The summed E-state index contributed by atoms with van der Waals surface area (Å²) >= 11 is 0. The number of nitrogen functional groups attached to an aromatic ring is 1. The van der Waals surface area contributed by atoms with Crippen LogP contribution < -0.4 is 5.73 Å². The molecular weight excluding hydrogens is 222 g/mol. The third-order valence-corrected chi connectivity index (χ3v) is 3.10. The highest BCUT2D eigenvalue weighted by atomic mass is 15.1. The predicted octanol–water partition coefficient (Wildman–Crippen LogP) is 2.82. The molecular formula is C15H15N3. The number of aromatic nitrogens is 2. The van der Waals surface area contributed by atoms with E-state index in [2.05, 4.69) is 36.2 Å². The summed E-state index contributed by atoms with van der Waals surface area (Å²) in [6.45, 7) is 2.10. The third kappa shape index (κ3) is 1.84. The lowest BCUT2D eigenvalue weighted by Crippen LogP contribution is -2.02. The van der Waals surface area contributed by atoms with Crippen molar-refractivity contribution in [3.63, 3.8) is 0 Å². The maximum absolute atomic E-state index is 6.01. The molecule has 0 aliphatic carbocycles. The van der Waals surface area contributed by atoms with Crippen molar-refractivity contribution in [2.24, 2.45) is 0 Å². The van der Waals surface area contributed by atoms with Gasteiger partial charge in [0.2, 0.25) is 0 Å². The summed E-state index contributed by atoms with van der Waals surface area (Å²) in [4.78, 5) is 4.46. The molecule has 2 N–H and O–H groups in total. The molecule has 0 saturated heterocycles. The lowest BCUT2D eigenvalue weighted by molar-refractivity contribution is 0.967. The average molecular weight is 237 g/mol. The highest BCUT2D eigenvalue weighted by Gasteiger charge is 2.06. The SMILES string of the molecule is Cc1cccc(Cc2ncc3cccc(N)n23)c1. The Hall–Kier alpha value is -2.29. The first-order chi connectivity index (χ1) is 8.74. The van der Waals surface area contributed by atoms with Crippen LogP contribution in [0.2, 0.25) is 0 Å². The van der Waals surface area contributed by atoms with Crippen LogP contribution in [0.1, 0.15) is 17.0 Å². The van der Waals surface area contributed by atoms with E-state index in [9.17, 15) is 0 Å². The Labute approximate surface area is 106 Å². The maximum atomic E-state index is 6.01. The number of rotatable bonds is 2. The van der Waals surface area contributed by atoms with Crippen LogP contribution in [0.15, 0.2) is 48.7 Å². The van der Waals surface area contributed by atoms with Gasteiger partial charge >= 0.3 is 0 Å². The Morgan fingerprint density at radius 3 is 2.83 bits per heavy atom. The molecule has 18 heavy (non-hydrogen) atoms. The molecule has 0 aliphatic rings. The quantitative estimate of drug-likeness (QED) is 0.744. The minimum atomic E-state index is 0.729. The van der Waals surface area contributed by atoms with Gasteiger partial charge in [-0.3, -0.25) is 4.40 Å². The fourth-order valence-electron chi connectivity index (χ4n) is 2.27. The topological polar surface area (TPSA) is 43.3 Å². The van der Waals surface area contributed by atoms with Gasteiger partial charge in [0.15, 0.2) is 0 Å². The van der Waals surface area contributed by atoms with Crippen LogP contribution in [0.4, 0.5) is 5.82 Å². The first-order valence-electron chi connectivity index (χ1n) is 6.00. The number of imidazole rings is 1. The molecule has 0 unspecified atom stereocenters. The number of nitrogens with zero attached hydrogens (tertiary/aromatic N) is 2. The molecule has 0 spiro atoms. The Morgan fingerprint density at radius 2 is 2.00 bits per heavy atom. The summed E-state index contributed by atoms with van der Waals surface area (Å²) < 4.78 is 2.00. The first kappa shape index (κ1) is 10.8. The molecule has 0 atom stereocenters. The monoisotopic (exact) mass is 237 g/mol. The highest BCUT2D eigenvalue weighted by Crippen LogP contribution is 2.16. The van der Waals surface area contributed by atoms with Crippen LogP contribution >= 0.6 is 0 Å². The molecule has 0 amide bonds. The molecule has 90 valence electrons. The molecule has 3 rings (SSSR count). The van der Waals surface area contributed by atoms with E-state index < -0.39 is 0 Å². The Bertz CT molecular complexity index is 698. The van der Waals surface area contributed by atoms with Gasteiger partial charge < -0.3 is 5.73 Å². The van der Waals surface area contributed by atoms with Crippen molar-refractivity contribution in [2.75, 3.05) is 5.73 Å². The number of benzene rings is 1. The molecule has 3 heteroatoms. The van der Waals surface area contributed by atoms with Gasteiger partial charge in [0.25, 0.3) is 0 Å². The van der Waals surface area contributed by atoms with E-state index >= 15 is 0 Å². The molecule has 0 aliphatic heterocycles. The molecule has 0 fully saturated rings. The number of pyridine rings is 1. The Morgan fingerprint density at radius 1 is 1.17 bits per heavy atom. The number of aryl methyl sites for hydroxylation is 1. The van der Waals surface area contributed by atoms with Crippen LogP contribution in [0.25, 0.3) is 5.52 Å². The zero-order chi connectivity index (χ0) is 12.5. The van der Waals surface area contributed by atoms with Gasteiger partial charge in [-0.2, -0.15) is 0 Å². The van der Waals surface area contributed by atoms with Gasteiger partial charge in [0, 0.05) is 6.42 Å². The standard InChI is InChI=1S/C15H15N3/c1-11-4-2-5-12(8-11)9-15-17-10-13-6-3-7-14(16)18(13)15/h2-8,10H,9,16H2,1H3. The molecule has 2 heterocycles. The molecule has 0 radical (unpaired) electrons. The summed E-state index contributed by atoms with van der Waals surface area (Å²) in [6, 6.07) is 14.3. The van der Waals surface area contributed by atoms with Crippen molar-refractivity contribution in [2.45, 2.75) is 13.3 Å². The zero-order valence-electron chi connectivity index (χ0n) is 10.3. The average Bonchev–Trinajstić information content (AvgIpc) is 2.74. The van der Waals surface area contributed by atoms with E-state index in [1.165, 1.54) is 11.1 Å². The zero-order valence-corrected chi connectivity index (χ0v) is 10.3. The molecule has 2 aromatic heterocycles. The molecule has 0 bridgehead atoms. The summed E-state index contributed by atoms with van der Waals surface area (Å²) in [5.41, 5.74) is 9.57. The van der Waals surface area contributed by atoms with E-state index in [1.807, 2.05) is 28.8 Å². The highest BCUT2D eigenvalue weighted by molar-refractivity contribution is 5.53. The minimum Gasteiger partial charge on any atom is -0.385 e. The Kier molecular flexibility index (Phi) is 2.52. The maximum Gasteiger partial charge on any atom is 0.119 e. The first-order valence-corrected chi connectivity index (χ1v) is 6.00. The van der Waals surface area contributed by atoms with E-state index in [0.29, 0.717) is 0 Å². The second kappa shape index (κ2) is 4.18. The third-order valence-electron chi connectivity index (χ3n) is 3.10. The number of fused-ring (bicyclic) bond motifs is 1. The van der Waals surface area contributed by atoms with Gasteiger partial charge in [0.1, 0.15) is 11.6 Å². The van der Waals surface area contributed by atoms with Crippen molar-refractivity contribution >= 4 is 11.3 Å². The van der Waals surface area contributed by atoms with Crippen LogP contribution in [0.5, 0.6) is 0 Å². The number of anilines is 1. The van der Waals surface area contributed by atoms with Crippen molar-refractivity contribution in [1.82, 2.24) is 9.38 Å². The lowest BCUT2D eigenvalue weighted by atomic mass is 10.1. The predicted molar refractivity (Wildman–Crippen MR) is 73.6 cm³/mol. The molecule has 1 aromatic carbocycles. The van der Waals surface area contributed by atoms with Crippen LogP contribution in [0.3, 0.4) is 0 Å². The summed E-state index contributed by atoms with van der Waals surface area (Å²) in [6.07, 6.45) is 2.66. The fourth-order valence-corrected chi connectivity index (χ4v) is 2.27. The lowest BCUT2D eigenvalue weighted by Gasteiger charge is -2.05. The van der Waals surface area contributed by atoms with E-state index in [1.54, 1.807) is 0 Å². The van der Waals surface area contributed by atoms with Gasteiger partial charge in [0.05, 0.1) is 11.7 Å². The molecule has 3 aromatic rings. The number of hydrogen-bond acceptors (Lipinski definition) is 2. The van der Waals surface area contributed by atoms with E-state index in [4.69, 9.17) is 5.73 Å². The van der Waals surface area contributed by atoms with Crippen molar-refractivity contribution < 1.29 is 0 Å². The fraction of sp³-hybridized carbons (Fsp3) is 0.133. The van der Waals surface area contributed by atoms with E-state index in [-0.39, 0.29) is 0 Å². The largest absolute Gasteiger partial charge is 0.385 e. The van der Waals surface area contributed by atoms with Gasteiger partial charge in [-0.1, -0.05) is 35.9 Å². The van der Waals surface area contributed by atoms with Crippen LogP contribution in [-0.2, 0) is 6.42 Å². The van der Waals surface area contributed by atoms with Gasteiger partial charge in [-0.15, -0.1) is 0 Å². The summed E-state index contributed by atoms with van der Waals surface area (Å²) in [7, 11) is 0. The number of nitrogens with two attached hydrogens (primary N) is 1.